The molecule has 1 saturated carbocycles. The molecule has 0 bridgehead atoms. The van der Waals surface area contributed by atoms with Crippen molar-refractivity contribution in [2.75, 3.05) is 12.0 Å². The Labute approximate surface area is 130 Å². The fraction of sp³-hybridized carbons (Fsp3) is 0.533. The molecule has 1 aliphatic rings. The van der Waals surface area contributed by atoms with Crippen LogP contribution in [0.4, 0.5) is 0 Å². The minimum atomic E-state index is -3.14. The maximum atomic E-state index is 11.4. The van der Waals surface area contributed by atoms with E-state index in [1.54, 1.807) is 23.9 Å². The van der Waals surface area contributed by atoms with Crippen LogP contribution in [0.15, 0.2) is 34.1 Å². The van der Waals surface area contributed by atoms with E-state index in [-0.39, 0.29) is 0 Å². The fourth-order valence-corrected chi connectivity index (χ4v) is 3.70. The molecule has 1 unspecified atom stereocenters. The van der Waals surface area contributed by atoms with Crippen LogP contribution in [0.1, 0.15) is 26.2 Å². The number of nitrogens with zero attached hydrogens (tertiary/aromatic N) is 1. The number of hydrogen-bond acceptors (Lipinski definition) is 5. The van der Waals surface area contributed by atoms with Gasteiger partial charge < -0.3 is 0 Å². The summed E-state index contributed by atoms with van der Waals surface area (Å²) in [5.41, 5.74) is -0.471. The third-order valence-electron chi connectivity index (χ3n) is 3.47. The molecule has 0 aliphatic heterocycles. The van der Waals surface area contributed by atoms with Gasteiger partial charge in [-0.2, -0.15) is 5.26 Å². The van der Waals surface area contributed by atoms with E-state index in [1.807, 2.05) is 19.1 Å². The number of hydrogen-bond donors (Lipinski definition) is 1. The molecule has 0 heterocycles. The molecule has 1 aliphatic carbocycles. The minimum Gasteiger partial charge on any atom is -0.297 e. The first-order valence-electron chi connectivity index (χ1n) is 6.94. The van der Waals surface area contributed by atoms with Crippen LogP contribution in [0.3, 0.4) is 0 Å². The molecule has 4 nitrogen and oxygen atoms in total. The summed E-state index contributed by atoms with van der Waals surface area (Å²) in [6, 6.07) is 9.76. The zero-order valence-corrected chi connectivity index (χ0v) is 13.9. The molecule has 2 rings (SSSR count). The van der Waals surface area contributed by atoms with Gasteiger partial charge in [0.2, 0.25) is 0 Å². The SMILES string of the molecule is CC(C#N)(CCSc1ccc(S(C)(=O)=O)cc1)NC1CC1. The smallest absolute Gasteiger partial charge is 0.175 e. The van der Waals surface area contributed by atoms with Gasteiger partial charge in [-0.3, -0.25) is 5.32 Å². The Morgan fingerprint density at radius 2 is 2.00 bits per heavy atom. The van der Waals surface area contributed by atoms with Crippen molar-refractivity contribution in [3.8, 4) is 6.07 Å². The fourth-order valence-electron chi connectivity index (χ4n) is 1.99. The molecule has 0 radical (unpaired) electrons. The first kappa shape index (κ1) is 16.3. The van der Waals surface area contributed by atoms with Crippen molar-refractivity contribution in [2.45, 2.75) is 47.6 Å². The molecular weight excluding hydrogens is 304 g/mol. The van der Waals surface area contributed by atoms with Crippen LogP contribution in [-0.2, 0) is 9.84 Å². The average Bonchev–Trinajstić information content (AvgIpc) is 3.22. The number of benzene rings is 1. The van der Waals surface area contributed by atoms with Crippen molar-refractivity contribution in [1.82, 2.24) is 5.32 Å². The lowest BCUT2D eigenvalue weighted by Crippen LogP contribution is -2.42. The summed E-state index contributed by atoms with van der Waals surface area (Å²) >= 11 is 1.64. The molecule has 1 aromatic carbocycles. The first-order chi connectivity index (χ1) is 9.82. The van der Waals surface area contributed by atoms with Crippen LogP contribution in [0.25, 0.3) is 0 Å². The van der Waals surface area contributed by atoms with Crippen molar-refractivity contribution < 1.29 is 8.42 Å². The number of rotatable bonds is 7. The molecule has 114 valence electrons. The highest BCUT2D eigenvalue weighted by Gasteiger charge is 2.32. The van der Waals surface area contributed by atoms with E-state index in [0.29, 0.717) is 10.9 Å². The standard InChI is InChI=1S/C15H20N2O2S2/c1-15(11-16,17-12-3-4-12)9-10-20-13-5-7-14(8-6-13)21(2,18)19/h5-8,12,17H,3-4,9-10H2,1-2H3. The van der Waals surface area contributed by atoms with E-state index in [2.05, 4.69) is 11.4 Å². The second-order valence-electron chi connectivity index (χ2n) is 5.70. The van der Waals surface area contributed by atoms with Crippen LogP contribution < -0.4 is 5.32 Å². The molecular formula is C15H20N2O2S2. The van der Waals surface area contributed by atoms with Crippen molar-refractivity contribution in [1.29, 1.82) is 5.26 Å². The number of thioether (sulfide) groups is 1. The second-order valence-corrected chi connectivity index (χ2v) is 8.89. The Morgan fingerprint density at radius 1 is 1.38 bits per heavy atom. The Morgan fingerprint density at radius 3 is 2.48 bits per heavy atom. The third-order valence-corrected chi connectivity index (χ3v) is 5.61. The van der Waals surface area contributed by atoms with E-state index in [0.717, 1.165) is 29.9 Å². The Kier molecular flexibility index (Phi) is 4.97. The van der Waals surface area contributed by atoms with Crippen molar-refractivity contribution in [3.63, 3.8) is 0 Å². The van der Waals surface area contributed by atoms with E-state index in [9.17, 15) is 13.7 Å². The molecule has 0 aromatic heterocycles. The van der Waals surface area contributed by atoms with Gasteiger partial charge in [0.15, 0.2) is 9.84 Å². The van der Waals surface area contributed by atoms with Gasteiger partial charge >= 0.3 is 0 Å². The normalized spacial score (nSPS) is 18.0. The Balaban J connectivity index is 1.86. The molecule has 0 saturated heterocycles. The van der Waals surface area contributed by atoms with E-state index >= 15 is 0 Å². The lowest BCUT2D eigenvalue weighted by atomic mass is 10.0. The number of nitrogens with one attached hydrogen (secondary N) is 1. The maximum absolute atomic E-state index is 11.4. The van der Waals surface area contributed by atoms with Crippen LogP contribution in [-0.4, -0.2) is 32.0 Å². The highest BCUT2D eigenvalue weighted by Crippen LogP contribution is 2.27. The molecule has 6 heteroatoms. The molecule has 1 atom stereocenters. The van der Waals surface area contributed by atoms with Crippen molar-refractivity contribution in [3.05, 3.63) is 24.3 Å². The number of nitriles is 1. The van der Waals surface area contributed by atoms with E-state index in [4.69, 9.17) is 0 Å². The Hall–Kier alpha value is -1.03. The summed E-state index contributed by atoms with van der Waals surface area (Å²) in [5, 5.41) is 12.7. The quantitative estimate of drug-likeness (QED) is 0.781. The predicted octanol–water partition coefficient (Wildman–Crippen LogP) is 2.61. The second kappa shape index (κ2) is 6.39. The summed E-state index contributed by atoms with van der Waals surface area (Å²) in [6.45, 7) is 1.94. The van der Waals surface area contributed by atoms with Crippen LogP contribution in [0.2, 0.25) is 0 Å². The van der Waals surface area contributed by atoms with Crippen LogP contribution >= 0.6 is 11.8 Å². The van der Waals surface area contributed by atoms with Crippen LogP contribution in [0, 0.1) is 11.3 Å². The van der Waals surface area contributed by atoms with Gasteiger partial charge in [0.05, 0.1) is 11.0 Å². The number of sulfone groups is 1. The average molecular weight is 324 g/mol. The van der Waals surface area contributed by atoms with Crippen molar-refractivity contribution in [2.24, 2.45) is 0 Å². The zero-order valence-electron chi connectivity index (χ0n) is 12.3. The summed E-state index contributed by atoms with van der Waals surface area (Å²) in [7, 11) is -3.14. The Bertz CT molecular complexity index is 631. The summed E-state index contributed by atoms with van der Waals surface area (Å²) in [4.78, 5) is 1.36. The van der Waals surface area contributed by atoms with Gasteiger partial charge in [-0.05, 0) is 50.5 Å². The molecule has 1 aromatic rings. The highest BCUT2D eigenvalue weighted by molar-refractivity contribution is 7.99. The monoisotopic (exact) mass is 324 g/mol. The van der Waals surface area contributed by atoms with Gasteiger partial charge in [0, 0.05) is 22.9 Å². The van der Waals surface area contributed by atoms with E-state index < -0.39 is 15.4 Å². The van der Waals surface area contributed by atoms with Gasteiger partial charge in [-0.15, -0.1) is 11.8 Å². The van der Waals surface area contributed by atoms with Crippen molar-refractivity contribution >= 4 is 21.6 Å². The summed E-state index contributed by atoms with van der Waals surface area (Å²) in [6.07, 6.45) is 4.30. The summed E-state index contributed by atoms with van der Waals surface area (Å²) in [5.74, 6) is 0.821. The molecule has 0 amide bonds. The van der Waals surface area contributed by atoms with Crippen LogP contribution in [0.5, 0.6) is 0 Å². The topological polar surface area (TPSA) is 70.0 Å². The maximum Gasteiger partial charge on any atom is 0.175 e. The summed E-state index contributed by atoms with van der Waals surface area (Å²) < 4.78 is 22.8. The zero-order chi connectivity index (χ0) is 15.5. The third kappa shape index (κ3) is 5.03. The first-order valence-corrected chi connectivity index (χ1v) is 9.82. The van der Waals surface area contributed by atoms with Gasteiger partial charge in [-0.1, -0.05) is 0 Å². The minimum absolute atomic E-state index is 0.337. The van der Waals surface area contributed by atoms with E-state index in [1.165, 1.54) is 6.26 Å². The van der Waals surface area contributed by atoms with Gasteiger partial charge in [-0.25, -0.2) is 8.42 Å². The lowest BCUT2D eigenvalue weighted by Gasteiger charge is -2.22. The van der Waals surface area contributed by atoms with Gasteiger partial charge in [0.1, 0.15) is 5.54 Å². The molecule has 1 N–H and O–H groups in total. The molecule has 0 spiro atoms. The lowest BCUT2D eigenvalue weighted by molar-refractivity contribution is 0.434. The molecule has 21 heavy (non-hydrogen) atoms. The predicted molar refractivity (Wildman–Crippen MR) is 85.1 cm³/mol. The largest absolute Gasteiger partial charge is 0.297 e. The van der Waals surface area contributed by atoms with Gasteiger partial charge in [0.25, 0.3) is 0 Å². The highest BCUT2D eigenvalue weighted by atomic mass is 32.2. The molecule has 1 fully saturated rings.